The number of hydrazone groups is 1. The van der Waals surface area contributed by atoms with E-state index < -0.39 is 0 Å². The molecule has 0 aliphatic rings. The van der Waals surface area contributed by atoms with Crippen LogP contribution in [0.2, 0.25) is 0 Å². The summed E-state index contributed by atoms with van der Waals surface area (Å²) in [5, 5.41) is 6.84. The Labute approximate surface area is 200 Å². The fourth-order valence-corrected chi connectivity index (χ4v) is 3.37. The number of nitrogens with zero attached hydrogens (tertiary/aromatic N) is 1. The van der Waals surface area contributed by atoms with Gasteiger partial charge in [-0.15, -0.1) is 0 Å². The van der Waals surface area contributed by atoms with Crippen molar-refractivity contribution in [1.29, 1.82) is 0 Å². The third kappa shape index (κ3) is 6.92. The number of hydrogen-bond donors (Lipinski definition) is 2. The van der Waals surface area contributed by atoms with Gasteiger partial charge in [0.05, 0.1) is 18.4 Å². The van der Waals surface area contributed by atoms with Gasteiger partial charge in [0.1, 0.15) is 0 Å². The van der Waals surface area contributed by atoms with Crippen molar-refractivity contribution in [1.82, 2.24) is 5.43 Å². The molecule has 33 heavy (non-hydrogen) atoms. The molecule has 0 heterocycles. The first kappa shape index (κ1) is 24.0. The molecular weight excluding hydrogens is 486 g/mol. The summed E-state index contributed by atoms with van der Waals surface area (Å²) in [7, 11) is 0. The summed E-state index contributed by atoms with van der Waals surface area (Å²) in [4.78, 5) is 24.5. The van der Waals surface area contributed by atoms with Gasteiger partial charge in [-0.2, -0.15) is 5.10 Å². The van der Waals surface area contributed by atoms with Crippen LogP contribution in [0.25, 0.3) is 0 Å². The number of ether oxygens (including phenoxy) is 2. The van der Waals surface area contributed by atoms with E-state index in [-0.39, 0.29) is 18.4 Å². The number of para-hydroxylation sites is 1. The molecule has 2 amide bonds. The van der Waals surface area contributed by atoms with Crippen LogP contribution in [0.5, 0.6) is 11.5 Å². The van der Waals surface area contributed by atoms with E-state index in [4.69, 9.17) is 9.47 Å². The number of hydrogen-bond acceptors (Lipinski definition) is 5. The molecule has 2 N–H and O–H groups in total. The second-order valence-corrected chi connectivity index (χ2v) is 7.82. The number of aryl methyl sites for hydroxylation is 1. The molecule has 3 aromatic carbocycles. The summed E-state index contributed by atoms with van der Waals surface area (Å²) < 4.78 is 12.0. The largest absolute Gasteiger partial charge is 0.490 e. The zero-order valence-corrected chi connectivity index (χ0v) is 19.9. The average Bonchev–Trinajstić information content (AvgIpc) is 2.80. The summed E-state index contributed by atoms with van der Waals surface area (Å²) in [5.74, 6) is 0.309. The molecule has 0 bridgehead atoms. The Morgan fingerprint density at radius 2 is 1.76 bits per heavy atom. The first-order valence-corrected chi connectivity index (χ1v) is 11.1. The van der Waals surface area contributed by atoms with Crippen molar-refractivity contribution in [3.63, 3.8) is 0 Å². The van der Waals surface area contributed by atoms with E-state index in [0.29, 0.717) is 33.7 Å². The lowest BCUT2D eigenvalue weighted by molar-refractivity contribution is -0.118. The molecule has 7 nitrogen and oxygen atoms in total. The Bertz CT molecular complexity index is 1160. The first-order valence-electron chi connectivity index (χ1n) is 10.3. The van der Waals surface area contributed by atoms with Crippen LogP contribution < -0.4 is 20.2 Å². The number of benzene rings is 3. The molecule has 0 fully saturated rings. The average molecular weight is 510 g/mol. The quantitative estimate of drug-likeness (QED) is 0.316. The normalized spacial score (nSPS) is 10.6. The molecule has 3 aromatic rings. The van der Waals surface area contributed by atoms with E-state index in [1.54, 1.807) is 36.4 Å². The van der Waals surface area contributed by atoms with E-state index >= 15 is 0 Å². The number of rotatable bonds is 9. The number of anilines is 1. The predicted molar refractivity (Wildman–Crippen MR) is 132 cm³/mol. The third-order valence-corrected chi connectivity index (χ3v) is 5.24. The van der Waals surface area contributed by atoms with Gasteiger partial charge in [-0.3, -0.25) is 9.59 Å². The van der Waals surface area contributed by atoms with Gasteiger partial charge in [-0.05, 0) is 77.3 Å². The van der Waals surface area contributed by atoms with Crippen LogP contribution in [0, 0.1) is 6.92 Å². The molecular formula is C25H24BrN3O4. The van der Waals surface area contributed by atoms with Gasteiger partial charge in [0, 0.05) is 10.2 Å². The lowest BCUT2D eigenvalue weighted by Gasteiger charge is -2.13. The summed E-state index contributed by atoms with van der Waals surface area (Å²) in [5.41, 5.74) is 5.39. The van der Waals surface area contributed by atoms with Gasteiger partial charge < -0.3 is 14.8 Å². The van der Waals surface area contributed by atoms with Crippen molar-refractivity contribution in [3.8, 4) is 11.5 Å². The topological polar surface area (TPSA) is 89.0 Å². The van der Waals surface area contributed by atoms with Gasteiger partial charge in [-0.1, -0.05) is 30.3 Å². The zero-order chi connectivity index (χ0) is 23.6. The molecule has 0 aliphatic carbocycles. The Kier molecular flexibility index (Phi) is 8.60. The van der Waals surface area contributed by atoms with Crippen molar-refractivity contribution in [3.05, 3.63) is 87.9 Å². The van der Waals surface area contributed by atoms with Gasteiger partial charge in [0.2, 0.25) is 0 Å². The standard InChI is InChI=1S/C25H24BrN3O4/c1-3-32-23-14-18(15-27-29-25(31)19-9-5-6-10-20(19)26)12-13-22(23)33-16-24(30)28-21-11-7-4-8-17(21)2/h4-15H,3,16H2,1-2H3,(H,28,30)(H,29,31)/b27-15-. The van der Waals surface area contributed by atoms with Crippen molar-refractivity contribution in [2.75, 3.05) is 18.5 Å². The molecule has 0 atom stereocenters. The summed E-state index contributed by atoms with van der Waals surface area (Å²) in [6.07, 6.45) is 1.51. The lowest BCUT2D eigenvalue weighted by Crippen LogP contribution is -2.20. The van der Waals surface area contributed by atoms with Crippen LogP contribution in [-0.4, -0.2) is 31.2 Å². The van der Waals surface area contributed by atoms with Crippen LogP contribution in [0.1, 0.15) is 28.4 Å². The van der Waals surface area contributed by atoms with Gasteiger partial charge in [0.25, 0.3) is 11.8 Å². The van der Waals surface area contributed by atoms with Crippen molar-refractivity contribution < 1.29 is 19.1 Å². The highest BCUT2D eigenvalue weighted by atomic mass is 79.9. The Hall–Kier alpha value is -3.65. The van der Waals surface area contributed by atoms with E-state index in [1.807, 2.05) is 44.2 Å². The van der Waals surface area contributed by atoms with Crippen LogP contribution >= 0.6 is 15.9 Å². The molecule has 170 valence electrons. The highest BCUT2D eigenvalue weighted by Gasteiger charge is 2.11. The number of halogens is 1. The van der Waals surface area contributed by atoms with Gasteiger partial charge in [-0.25, -0.2) is 5.43 Å². The number of carbonyl (C=O) groups excluding carboxylic acids is 2. The van der Waals surface area contributed by atoms with E-state index in [2.05, 4.69) is 31.8 Å². The maximum Gasteiger partial charge on any atom is 0.272 e. The Balaban J connectivity index is 1.62. The van der Waals surface area contributed by atoms with E-state index in [1.165, 1.54) is 6.21 Å². The maximum absolute atomic E-state index is 12.3. The summed E-state index contributed by atoms with van der Waals surface area (Å²) >= 11 is 3.34. The monoisotopic (exact) mass is 509 g/mol. The van der Waals surface area contributed by atoms with Crippen LogP contribution in [-0.2, 0) is 4.79 Å². The van der Waals surface area contributed by atoms with E-state index in [9.17, 15) is 9.59 Å². The van der Waals surface area contributed by atoms with Gasteiger partial charge in [0.15, 0.2) is 18.1 Å². The maximum atomic E-state index is 12.3. The van der Waals surface area contributed by atoms with E-state index in [0.717, 1.165) is 11.3 Å². The van der Waals surface area contributed by atoms with Crippen molar-refractivity contribution >= 4 is 39.6 Å². The summed E-state index contributed by atoms with van der Waals surface area (Å²) in [6.45, 7) is 4.04. The lowest BCUT2D eigenvalue weighted by atomic mass is 10.2. The first-order chi connectivity index (χ1) is 16.0. The predicted octanol–water partition coefficient (Wildman–Crippen LogP) is 4.94. The molecule has 0 saturated heterocycles. The molecule has 0 spiro atoms. The Morgan fingerprint density at radius 3 is 2.52 bits per heavy atom. The van der Waals surface area contributed by atoms with Gasteiger partial charge >= 0.3 is 0 Å². The Morgan fingerprint density at radius 1 is 1.00 bits per heavy atom. The number of amides is 2. The van der Waals surface area contributed by atoms with Crippen LogP contribution in [0.4, 0.5) is 5.69 Å². The highest BCUT2D eigenvalue weighted by molar-refractivity contribution is 9.10. The zero-order valence-electron chi connectivity index (χ0n) is 18.3. The van der Waals surface area contributed by atoms with Crippen molar-refractivity contribution in [2.45, 2.75) is 13.8 Å². The smallest absolute Gasteiger partial charge is 0.272 e. The summed E-state index contributed by atoms with van der Waals surface area (Å²) in [6, 6.07) is 19.8. The molecule has 0 radical (unpaired) electrons. The second-order valence-electron chi connectivity index (χ2n) is 6.97. The molecule has 3 rings (SSSR count). The molecule has 0 saturated carbocycles. The third-order valence-electron chi connectivity index (χ3n) is 4.54. The molecule has 0 unspecified atom stereocenters. The van der Waals surface area contributed by atoms with Crippen LogP contribution in [0.15, 0.2) is 76.3 Å². The second kappa shape index (κ2) is 11.8. The number of carbonyl (C=O) groups is 2. The minimum Gasteiger partial charge on any atom is -0.490 e. The fourth-order valence-electron chi connectivity index (χ4n) is 2.91. The molecule has 0 aromatic heterocycles. The fraction of sp³-hybridized carbons (Fsp3) is 0.160. The minimum atomic E-state index is -0.330. The molecule has 0 aliphatic heterocycles. The number of nitrogens with one attached hydrogen (secondary N) is 2. The highest BCUT2D eigenvalue weighted by Crippen LogP contribution is 2.28. The SMILES string of the molecule is CCOc1cc(/C=N\NC(=O)c2ccccc2Br)ccc1OCC(=O)Nc1ccccc1C. The van der Waals surface area contributed by atoms with Crippen LogP contribution in [0.3, 0.4) is 0 Å². The van der Waals surface area contributed by atoms with Crippen molar-refractivity contribution in [2.24, 2.45) is 5.10 Å². The minimum absolute atomic E-state index is 0.163. The molecule has 8 heteroatoms.